The molecule has 0 aromatic rings. The van der Waals surface area contributed by atoms with Gasteiger partial charge in [0.1, 0.15) is 0 Å². The second-order valence-corrected chi connectivity index (χ2v) is 5.27. The molecule has 0 aliphatic carbocycles. The minimum Gasteiger partial charge on any atom is -0.395 e. The summed E-state index contributed by atoms with van der Waals surface area (Å²) in [5, 5.41) is 8.31. The first-order valence-corrected chi connectivity index (χ1v) is 6.43. The van der Waals surface area contributed by atoms with Gasteiger partial charge in [0.15, 0.2) is 9.84 Å². The molecule has 12 heavy (non-hydrogen) atoms. The molecular formula is C4H12NO5PS. The minimum atomic E-state index is -3.28. The Morgan fingerprint density at radius 1 is 1.42 bits per heavy atom. The number of hydrogen-bond donors (Lipinski definition) is 2. The lowest BCUT2D eigenvalue weighted by Crippen LogP contribution is -2.16. The van der Waals surface area contributed by atoms with Crippen LogP contribution in [0.1, 0.15) is 0 Å². The van der Waals surface area contributed by atoms with E-state index in [1.807, 2.05) is 0 Å². The monoisotopic (exact) mass is 217 g/mol. The van der Waals surface area contributed by atoms with Gasteiger partial charge < -0.3 is 9.63 Å². The van der Waals surface area contributed by atoms with Crippen LogP contribution in [0.25, 0.3) is 0 Å². The Bertz CT molecular complexity index is 238. The van der Waals surface area contributed by atoms with E-state index in [0.717, 1.165) is 0 Å². The van der Waals surface area contributed by atoms with Gasteiger partial charge in [0.2, 0.25) is 0 Å². The Hall–Kier alpha value is 0.0600. The van der Waals surface area contributed by atoms with Gasteiger partial charge in [0, 0.05) is 0 Å². The van der Waals surface area contributed by atoms with Crippen molar-refractivity contribution in [1.82, 2.24) is 0 Å². The molecule has 0 bridgehead atoms. The largest absolute Gasteiger partial charge is 0.395 e. The molecule has 0 fully saturated rings. The van der Waals surface area contributed by atoms with Gasteiger partial charge in [-0.2, -0.15) is 0 Å². The number of nitrogens with two attached hydrogens (primary N) is 1. The molecule has 0 aliphatic rings. The van der Waals surface area contributed by atoms with Crippen LogP contribution in [-0.2, 0) is 18.9 Å². The molecule has 0 heterocycles. The van der Waals surface area contributed by atoms with Crippen LogP contribution < -0.4 is 5.50 Å². The molecule has 0 aromatic heterocycles. The highest BCUT2D eigenvalue weighted by molar-refractivity contribution is 7.91. The summed E-state index contributed by atoms with van der Waals surface area (Å²) in [6.45, 7) is -0.600. The van der Waals surface area contributed by atoms with E-state index >= 15 is 0 Å². The topological polar surface area (TPSA) is 107 Å². The van der Waals surface area contributed by atoms with Crippen LogP contribution >= 0.6 is 8.18 Å². The lowest BCUT2D eigenvalue weighted by Gasteiger charge is -2.01. The van der Waals surface area contributed by atoms with Crippen molar-refractivity contribution in [2.24, 2.45) is 5.50 Å². The van der Waals surface area contributed by atoms with Gasteiger partial charge in [-0.05, 0) is 0 Å². The minimum absolute atomic E-state index is 0.184. The molecule has 0 spiro atoms. The van der Waals surface area contributed by atoms with E-state index in [-0.39, 0.29) is 18.1 Å². The second-order valence-electron chi connectivity index (χ2n) is 2.04. The highest BCUT2D eigenvalue weighted by Crippen LogP contribution is 2.08. The molecule has 8 heteroatoms. The number of aliphatic hydroxyl groups is 1. The summed E-state index contributed by atoms with van der Waals surface area (Å²) in [5.41, 5.74) is 4.78. The Labute approximate surface area is 71.6 Å². The zero-order valence-corrected chi connectivity index (χ0v) is 8.21. The summed E-state index contributed by atoms with van der Waals surface area (Å²) in [7, 11) is -5.83. The maximum absolute atomic E-state index is 10.8. The Balaban J connectivity index is 3.69. The van der Waals surface area contributed by atoms with E-state index < -0.39 is 24.6 Å². The third-order valence-electron chi connectivity index (χ3n) is 1.04. The zero-order valence-electron chi connectivity index (χ0n) is 6.39. The fourth-order valence-corrected chi connectivity index (χ4v) is 1.78. The van der Waals surface area contributed by atoms with Crippen LogP contribution in [0.15, 0.2) is 0 Å². The standard InChI is InChI=1S/C4H12NO5PS/c5-11(7)10-2-4-12(8,9)3-1-6/h6,11H,1-4H2,(H2,5,7). The molecule has 3 N–H and O–H groups in total. The lowest BCUT2D eigenvalue weighted by molar-refractivity contribution is 0.318. The van der Waals surface area contributed by atoms with Gasteiger partial charge in [0.05, 0.1) is 24.7 Å². The molecule has 0 rings (SSSR count). The van der Waals surface area contributed by atoms with Crippen molar-refractivity contribution in [1.29, 1.82) is 0 Å². The van der Waals surface area contributed by atoms with Crippen molar-refractivity contribution in [2.75, 3.05) is 24.7 Å². The fraction of sp³-hybridized carbons (Fsp3) is 1.00. The summed E-state index contributed by atoms with van der Waals surface area (Å²) in [6.07, 6.45) is 0. The van der Waals surface area contributed by atoms with Crippen molar-refractivity contribution in [3.8, 4) is 0 Å². The highest BCUT2D eigenvalue weighted by atomic mass is 32.2. The van der Waals surface area contributed by atoms with E-state index in [0.29, 0.717) is 0 Å². The van der Waals surface area contributed by atoms with E-state index in [4.69, 9.17) is 10.6 Å². The summed E-state index contributed by atoms with van der Waals surface area (Å²) < 4.78 is 36.3. The third kappa shape index (κ3) is 6.75. The molecule has 0 aliphatic heterocycles. The van der Waals surface area contributed by atoms with Crippen molar-refractivity contribution < 1.29 is 22.6 Å². The summed E-state index contributed by atoms with van der Waals surface area (Å²) in [6, 6.07) is 0. The summed E-state index contributed by atoms with van der Waals surface area (Å²) >= 11 is 0. The molecule has 6 nitrogen and oxygen atoms in total. The molecule has 0 radical (unpaired) electrons. The Morgan fingerprint density at radius 3 is 2.42 bits per heavy atom. The summed E-state index contributed by atoms with van der Waals surface area (Å²) in [4.78, 5) is 0. The molecule has 0 saturated heterocycles. The summed E-state index contributed by atoms with van der Waals surface area (Å²) in [5.74, 6) is -0.566. The quantitative estimate of drug-likeness (QED) is 0.539. The molecule has 1 atom stereocenters. The Kier molecular flexibility index (Phi) is 5.69. The molecule has 0 saturated carbocycles. The smallest absolute Gasteiger partial charge is 0.255 e. The van der Waals surface area contributed by atoms with Crippen LogP contribution in [0, 0.1) is 0 Å². The molecule has 0 aromatic carbocycles. The average molecular weight is 217 g/mol. The lowest BCUT2D eigenvalue weighted by atomic mass is 10.9. The van der Waals surface area contributed by atoms with Crippen molar-refractivity contribution in [3.63, 3.8) is 0 Å². The number of rotatable bonds is 6. The van der Waals surface area contributed by atoms with Crippen LogP contribution in [0.4, 0.5) is 0 Å². The van der Waals surface area contributed by atoms with Crippen molar-refractivity contribution >= 4 is 18.0 Å². The predicted octanol–water partition coefficient (Wildman–Crippen LogP) is -1.24. The van der Waals surface area contributed by atoms with Crippen molar-refractivity contribution in [2.45, 2.75) is 0 Å². The maximum Gasteiger partial charge on any atom is 0.255 e. The molecule has 74 valence electrons. The molecular weight excluding hydrogens is 205 g/mol. The Morgan fingerprint density at radius 2 is 2.00 bits per heavy atom. The normalized spacial score (nSPS) is 14.5. The third-order valence-corrected chi connectivity index (χ3v) is 3.12. The van der Waals surface area contributed by atoms with Gasteiger partial charge in [-0.15, -0.1) is 0 Å². The van der Waals surface area contributed by atoms with Gasteiger partial charge >= 0.3 is 0 Å². The van der Waals surface area contributed by atoms with E-state index in [1.54, 1.807) is 0 Å². The van der Waals surface area contributed by atoms with E-state index in [2.05, 4.69) is 4.52 Å². The van der Waals surface area contributed by atoms with Crippen LogP contribution in [0.5, 0.6) is 0 Å². The number of hydrogen-bond acceptors (Lipinski definition) is 5. The van der Waals surface area contributed by atoms with Gasteiger partial charge in [-0.25, -0.2) is 8.42 Å². The van der Waals surface area contributed by atoms with Crippen LogP contribution in [0.2, 0.25) is 0 Å². The van der Waals surface area contributed by atoms with E-state index in [1.165, 1.54) is 0 Å². The molecule has 1 unspecified atom stereocenters. The molecule has 0 amide bonds. The fourth-order valence-electron chi connectivity index (χ4n) is 0.510. The van der Waals surface area contributed by atoms with Crippen molar-refractivity contribution in [3.05, 3.63) is 0 Å². The number of aliphatic hydroxyl groups excluding tert-OH is 1. The van der Waals surface area contributed by atoms with Crippen LogP contribution in [0.3, 0.4) is 0 Å². The van der Waals surface area contributed by atoms with Gasteiger partial charge in [0.25, 0.3) is 8.18 Å². The SMILES string of the molecule is N[PH](=O)OCCS(=O)(=O)CCO. The van der Waals surface area contributed by atoms with E-state index in [9.17, 15) is 13.0 Å². The average Bonchev–Trinajstić information content (AvgIpc) is 1.85. The predicted molar refractivity (Wildman–Crippen MR) is 44.9 cm³/mol. The first-order chi connectivity index (χ1) is 5.48. The second kappa shape index (κ2) is 5.66. The zero-order chi connectivity index (χ0) is 9.61. The highest BCUT2D eigenvalue weighted by Gasteiger charge is 2.09. The first-order valence-electron chi connectivity index (χ1n) is 3.21. The first kappa shape index (κ1) is 12.1. The van der Waals surface area contributed by atoms with Gasteiger partial charge in [-0.1, -0.05) is 0 Å². The number of sulfone groups is 1. The van der Waals surface area contributed by atoms with Crippen LogP contribution in [-0.4, -0.2) is 38.2 Å². The maximum atomic E-state index is 10.8. The van der Waals surface area contributed by atoms with Gasteiger partial charge in [-0.3, -0.25) is 10.1 Å².